The first-order chi connectivity index (χ1) is 16.5. The van der Waals surface area contributed by atoms with E-state index in [2.05, 4.69) is 15.3 Å². The van der Waals surface area contributed by atoms with Crippen LogP contribution in [0.25, 0.3) is 11.0 Å². The van der Waals surface area contributed by atoms with Gasteiger partial charge in [0.15, 0.2) is 0 Å². The van der Waals surface area contributed by atoms with Gasteiger partial charge in [0, 0.05) is 26.2 Å². The van der Waals surface area contributed by atoms with Gasteiger partial charge in [-0.3, -0.25) is 4.79 Å². The third kappa shape index (κ3) is 7.53. The lowest BCUT2D eigenvalue weighted by Crippen LogP contribution is -2.07. The average molecular weight is 491 g/mol. The summed E-state index contributed by atoms with van der Waals surface area (Å²) in [5.74, 6) is -0.296. The van der Waals surface area contributed by atoms with Gasteiger partial charge in [-0.05, 0) is 31.2 Å². The molecule has 0 unspecified atom stereocenters. The van der Waals surface area contributed by atoms with Gasteiger partial charge in [0.2, 0.25) is 11.8 Å². The van der Waals surface area contributed by atoms with Crippen LogP contribution in [0.2, 0.25) is 0 Å². The van der Waals surface area contributed by atoms with Gasteiger partial charge in [-0.1, -0.05) is 37.6 Å². The predicted octanol–water partition coefficient (Wildman–Crippen LogP) is 6.90. The third-order valence-electron chi connectivity index (χ3n) is 4.44. The number of carbonyl (C=O) groups excluding carboxylic acids is 1. The van der Waals surface area contributed by atoms with E-state index in [1.54, 1.807) is 19.1 Å². The van der Waals surface area contributed by atoms with Crippen LogP contribution in [0.3, 0.4) is 0 Å². The molecule has 0 saturated heterocycles. The Morgan fingerprint density at radius 3 is 2.34 bits per heavy atom. The minimum absolute atomic E-state index is 0.103. The molecule has 1 N–H and O–H groups in total. The van der Waals surface area contributed by atoms with E-state index in [9.17, 15) is 22.4 Å². The Kier molecular flexibility index (Phi) is 9.33. The molecule has 2 aromatic carbocycles. The SMILES string of the molecule is CC.CC(=O)Nc1ccc(Oc2ncnc3ccn(C)c23)cc1F.Cc1cccc(C(F)(F)F)c1. The summed E-state index contributed by atoms with van der Waals surface area (Å²) < 4.78 is 57.3. The summed E-state index contributed by atoms with van der Waals surface area (Å²) >= 11 is 0. The van der Waals surface area contributed by atoms with Crippen molar-refractivity contribution in [2.24, 2.45) is 7.05 Å². The van der Waals surface area contributed by atoms with Crippen LogP contribution >= 0.6 is 0 Å². The summed E-state index contributed by atoms with van der Waals surface area (Å²) in [5, 5.41) is 2.40. The Bertz CT molecular complexity index is 1290. The lowest BCUT2D eigenvalue weighted by atomic mass is 10.1. The highest BCUT2D eigenvalue weighted by Gasteiger charge is 2.29. The summed E-state index contributed by atoms with van der Waals surface area (Å²) in [5.41, 5.74) is 1.60. The fourth-order valence-corrected chi connectivity index (χ4v) is 2.94. The molecule has 0 aliphatic rings. The van der Waals surface area contributed by atoms with E-state index >= 15 is 0 Å². The fourth-order valence-electron chi connectivity index (χ4n) is 2.94. The Labute approximate surface area is 200 Å². The van der Waals surface area contributed by atoms with Gasteiger partial charge in [-0.2, -0.15) is 18.2 Å². The van der Waals surface area contributed by atoms with Crippen LogP contribution in [0.15, 0.2) is 61.1 Å². The van der Waals surface area contributed by atoms with Gasteiger partial charge >= 0.3 is 6.18 Å². The molecule has 0 atom stereocenters. The predicted molar refractivity (Wildman–Crippen MR) is 127 cm³/mol. The number of carbonyl (C=O) groups is 1. The highest BCUT2D eigenvalue weighted by Crippen LogP contribution is 2.30. The number of hydrogen-bond acceptors (Lipinski definition) is 4. The van der Waals surface area contributed by atoms with Crippen LogP contribution in [-0.4, -0.2) is 20.4 Å². The second kappa shape index (κ2) is 12.0. The number of halogens is 4. The van der Waals surface area contributed by atoms with Crippen LogP contribution in [0.1, 0.15) is 31.9 Å². The summed E-state index contributed by atoms with van der Waals surface area (Å²) in [6.07, 6.45) is -0.988. The third-order valence-corrected chi connectivity index (χ3v) is 4.44. The normalized spacial score (nSPS) is 10.5. The maximum absolute atomic E-state index is 13.9. The monoisotopic (exact) mass is 490 g/mol. The molecule has 10 heteroatoms. The molecule has 2 aromatic heterocycles. The maximum Gasteiger partial charge on any atom is 0.416 e. The molecule has 0 saturated carbocycles. The van der Waals surface area contributed by atoms with Crippen molar-refractivity contribution in [1.29, 1.82) is 0 Å². The molecule has 0 radical (unpaired) electrons. The first-order valence-corrected chi connectivity index (χ1v) is 10.7. The number of hydrogen-bond donors (Lipinski definition) is 1. The lowest BCUT2D eigenvalue weighted by Gasteiger charge is -2.09. The number of fused-ring (bicyclic) bond motifs is 1. The van der Waals surface area contributed by atoms with Crippen molar-refractivity contribution in [3.8, 4) is 11.6 Å². The summed E-state index contributed by atoms with van der Waals surface area (Å²) in [6, 6.07) is 11.3. The second-order valence-corrected chi connectivity index (χ2v) is 7.13. The van der Waals surface area contributed by atoms with Crippen molar-refractivity contribution >= 4 is 22.6 Å². The molecule has 0 bridgehead atoms. The molecule has 6 nitrogen and oxygen atoms in total. The molecule has 1 amide bonds. The van der Waals surface area contributed by atoms with Crippen molar-refractivity contribution in [1.82, 2.24) is 14.5 Å². The molecule has 35 heavy (non-hydrogen) atoms. The van der Waals surface area contributed by atoms with Gasteiger partial charge in [0.1, 0.15) is 23.4 Å². The second-order valence-electron chi connectivity index (χ2n) is 7.13. The van der Waals surface area contributed by atoms with Gasteiger partial charge < -0.3 is 14.6 Å². The number of nitrogens with zero attached hydrogens (tertiary/aromatic N) is 3. The Balaban J connectivity index is 0.000000280. The van der Waals surface area contributed by atoms with Crippen molar-refractivity contribution in [3.05, 3.63) is 78.0 Å². The van der Waals surface area contributed by atoms with Crippen LogP contribution in [-0.2, 0) is 18.0 Å². The number of aryl methyl sites for hydroxylation is 2. The molecule has 2 heterocycles. The number of rotatable bonds is 3. The highest BCUT2D eigenvalue weighted by atomic mass is 19.4. The van der Waals surface area contributed by atoms with Crippen LogP contribution in [0, 0.1) is 12.7 Å². The Morgan fingerprint density at radius 2 is 1.77 bits per heavy atom. The molecule has 186 valence electrons. The zero-order valence-corrected chi connectivity index (χ0v) is 19.9. The largest absolute Gasteiger partial charge is 0.437 e. The lowest BCUT2D eigenvalue weighted by molar-refractivity contribution is -0.137. The van der Waals surface area contributed by atoms with Gasteiger partial charge in [-0.25, -0.2) is 9.37 Å². The van der Waals surface area contributed by atoms with Crippen LogP contribution in [0.5, 0.6) is 11.6 Å². The molecule has 0 aliphatic heterocycles. The number of anilines is 1. The number of alkyl halides is 3. The van der Waals surface area contributed by atoms with E-state index < -0.39 is 17.6 Å². The van der Waals surface area contributed by atoms with Gasteiger partial charge in [0.25, 0.3) is 0 Å². The molecule has 4 aromatic rings. The summed E-state index contributed by atoms with van der Waals surface area (Å²) in [6.45, 7) is 6.95. The zero-order chi connectivity index (χ0) is 26.2. The Hall–Kier alpha value is -3.95. The molecular weight excluding hydrogens is 464 g/mol. The number of nitrogens with one attached hydrogen (secondary N) is 1. The molecule has 0 spiro atoms. The fraction of sp³-hybridized carbons (Fsp3) is 0.240. The van der Waals surface area contributed by atoms with Gasteiger partial charge in [0.05, 0.1) is 16.8 Å². The molecule has 4 rings (SSSR count). The first kappa shape index (κ1) is 27.3. The van der Waals surface area contributed by atoms with Gasteiger partial charge in [-0.15, -0.1) is 0 Å². The van der Waals surface area contributed by atoms with E-state index in [1.165, 1.54) is 31.5 Å². The minimum Gasteiger partial charge on any atom is -0.437 e. The maximum atomic E-state index is 13.9. The number of amides is 1. The van der Waals surface area contributed by atoms with Crippen molar-refractivity contribution in [3.63, 3.8) is 0 Å². The van der Waals surface area contributed by atoms with E-state index in [1.807, 2.05) is 37.7 Å². The number of ether oxygens (including phenoxy) is 1. The minimum atomic E-state index is -4.22. The first-order valence-electron chi connectivity index (χ1n) is 10.7. The van der Waals surface area contributed by atoms with Crippen molar-refractivity contribution in [2.75, 3.05) is 5.32 Å². The van der Waals surface area contributed by atoms with Crippen LogP contribution < -0.4 is 10.1 Å². The molecular formula is C25H26F4N4O2. The topological polar surface area (TPSA) is 69.0 Å². The smallest absolute Gasteiger partial charge is 0.416 e. The average Bonchev–Trinajstić information content (AvgIpc) is 3.18. The number of benzene rings is 2. The summed E-state index contributed by atoms with van der Waals surface area (Å²) in [4.78, 5) is 19.2. The highest BCUT2D eigenvalue weighted by molar-refractivity contribution is 5.88. The molecule has 0 aliphatic carbocycles. The zero-order valence-electron chi connectivity index (χ0n) is 19.9. The van der Waals surface area contributed by atoms with E-state index in [-0.39, 0.29) is 17.3 Å². The Morgan fingerprint density at radius 1 is 1.06 bits per heavy atom. The van der Waals surface area contributed by atoms with E-state index in [4.69, 9.17) is 4.74 Å². The quantitative estimate of drug-likeness (QED) is 0.317. The standard InChI is InChI=1S/C15H13FN4O2.C8H7F3.C2H6/c1-9(21)19-12-4-3-10(7-11(12)16)22-15-14-13(17-8-18-15)5-6-20(14)2;1-6-3-2-4-7(5-6)8(9,10)11;1-2/h3-8H,1-2H3,(H,19,21);2-5H,1H3;1-2H3. The van der Waals surface area contributed by atoms with E-state index in [0.29, 0.717) is 17.0 Å². The van der Waals surface area contributed by atoms with E-state index in [0.717, 1.165) is 17.6 Å². The summed E-state index contributed by atoms with van der Waals surface area (Å²) in [7, 11) is 1.85. The van der Waals surface area contributed by atoms with Crippen LogP contribution in [0.4, 0.5) is 23.2 Å². The van der Waals surface area contributed by atoms with Crippen molar-refractivity contribution in [2.45, 2.75) is 33.9 Å². The number of aromatic nitrogens is 3. The molecule has 0 fully saturated rings. The van der Waals surface area contributed by atoms with Crippen molar-refractivity contribution < 1.29 is 27.1 Å².